The fourth-order valence-corrected chi connectivity index (χ4v) is 2.74. The molecule has 1 unspecified atom stereocenters. The predicted octanol–water partition coefficient (Wildman–Crippen LogP) is 2.31. The normalized spacial score (nSPS) is 19.2. The zero-order valence-electron chi connectivity index (χ0n) is 11.0. The first-order chi connectivity index (χ1) is 9.81. The van der Waals surface area contributed by atoms with Crippen molar-refractivity contribution in [2.24, 2.45) is 0 Å². The van der Waals surface area contributed by atoms with Crippen molar-refractivity contribution in [1.82, 2.24) is 9.88 Å². The monoisotopic (exact) mass is 290 g/mol. The predicted molar refractivity (Wildman–Crippen MR) is 78.1 cm³/mol. The molecule has 5 heteroatoms. The van der Waals surface area contributed by atoms with Gasteiger partial charge in [-0.25, -0.2) is 0 Å². The molecule has 1 atom stereocenters. The van der Waals surface area contributed by atoms with E-state index in [4.69, 9.17) is 16.3 Å². The maximum absolute atomic E-state index is 12.8. The summed E-state index contributed by atoms with van der Waals surface area (Å²) in [5, 5.41) is 0.875. The lowest BCUT2D eigenvalue weighted by Crippen LogP contribution is -2.49. The number of pyridine rings is 1. The lowest BCUT2D eigenvalue weighted by atomic mass is 10.1. The van der Waals surface area contributed by atoms with Gasteiger partial charge in [0.05, 0.1) is 30.3 Å². The second-order valence-corrected chi connectivity index (χ2v) is 5.07. The minimum Gasteiger partial charge on any atom is -0.377 e. The van der Waals surface area contributed by atoms with Crippen molar-refractivity contribution < 1.29 is 9.53 Å². The summed E-state index contributed by atoms with van der Waals surface area (Å²) < 4.78 is 5.39. The zero-order chi connectivity index (χ0) is 13.9. The molecule has 0 aliphatic carbocycles. The van der Waals surface area contributed by atoms with Crippen molar-refractivity contribution in [3.63, 3.8) is 0 Å². The van der Waals surface area contributed by atoms with Gasteiger partial charge >= 0.3 is 0 Å². The lowest BCUT2D eigenvalue weighted by molar-refractivity contribution is 0.00467. The molecule has 2 heterocycles. The van der Waals surface area contributed by atoms with Gasteiger partial charge in [0, 0.05) is 24.0 Å². The highest BCUT2D eigenvalue weighted by Gasteiger charge is 2.28. The molecule has 0 radical (unpaired) electrons. The van der Waals surface area contributed by atoms with Crippen molar-refractivity contribution in [2.75, 3.05) is 25.6 Å². The molecule has 104 valence electrons. The Balaban J connectivity index is 1.99. The number of ether oxygens (including phenoxy) is 1. The summed E-state index contributed by atoms with van der Waals surface area (Å²) >= 11 is 5.94. The average Bonchev–Trinajstić information content (AvgIpc) is 2.53. The molecule has 0 saturated carbocycles. The molecular weight excluding hydrogens is 276 g/mol. The Morgan fingerprint density at radius 2 is 2.25 bits per heavy atom. The van der Waals surface area contributed by atoms with Gasteiger partial charge < -0.3 is 9.64 Å². The van der Waals surface area contributed by atoms with Gasteiger partial charge in [-0.3, -0.25) is 9.78 Å². The smallest absolute Gasteiger partial charge is 0.255 e. The van der Waals surface area contributed by atoms with Crippen molar-refractivity contribution in [1.29, 1.82) is 0 Å². The van der Waals surface area contributed by atoms with Gasteiger partial charge in [0.2, 0.25) is 0 Å². The van der Waals surface area contributed by atoms with Gasteiger partial charge in [0.1, 0.15) is 0 Å². The zero-order valence-corrected chi connectivity index (χ0v) is 11.7. The fourth-order valence-electron chi connectivity index (χ4n) is 2.49. The number of carbonyl (C=O) groups excluding carboxylic acids is 1. The SMILES string of the molecule is O=C(c1ccnc2ccccc12)N1CCOCC1CCl. The first-order valence-electron chi connectivity index (χ1n) is 6.59. The van der Waals surface area contributed by atoms with Crippen molar-refractivity contribution in [3.8, 4) is 0 Å². The molecule has 1 aromatic heterocycles. The highest BCUT2D eigenvalue weighted by atomic mass is 35.5. The number of hydrogen-bond acceptors (Lipinski definition) is 3. The van der Waals surface area contributed by atoms with Crippen LogP contribution in [-0.2, 0) is 4.74 Å². The number of aromatic nitrogens is 1. The highest BCUT2D eigenvalue weighted by Crippen LogP contribution is 2.20. The molecule has 20 heavy (non-hydrogen) atoms. The van der Waals surface area contributed by atoms with E-state index in [1.807, 2.05) is 24.3 Å². The first kappa shape index (κ1) is 13.3. The minimum atomic E-state index is -0.0650. The van der Waals surface area contributed by atoms with E-state index >= 15 is 0 Å². The summed E-state index contributed by atoms with van der Waals surface area (Å²) in [7, 11) is 0. The number of fused-ring (bicyclic) bond motifs is 1. The van der Waals surface area contributed by atoms with E-state index in [-0.39, 0.29) is 11.9 Å². The fraction of sp³-hybridized carbons (Fsp3) is 0.333. The Morgan fingerprint density at radius 3 is 3.10 bits per heavy atom. The second-order valence-electron chi connectivity index (χ2n) is 4.76. The number of carbonyl (C=O) groups is 1. The van der Waals surface area contributed by atoms with Gasteiger partial charge in [-0.15, -0.1) is 11.6 Å². The lowest BCUT2D eigenvalue weighted by Gasteiger charge is -2.34. The highest BCUT2D eigenvalue weighted by molar-refractivity contribution is 6.18. The van der Waals surface area contributed by atoms with E-state index in [2.05, 4.69) is 4.98 Å². The molecule has 1 aromatic carbocycles. The number of hydrogen-bond donors (Lipinski definition) is 0. The van der Waals surface area contributed by atoms with E-state index in [9.17, 15) is 4.79 Å². The third kappa shape index (κ3) is 2.37. The third-order valence-corrected chi connectivity index (χ3v) is 3.90. The van der Waals surface area contributed by atoms with Crippen LogP contribution in [0.25, 0.3) is 10.9 Å². The van der Waals surface area contributed by atoms with Gasteiger partial charge in [-0.1, -0.05) is 18.2 Å². The standard InChI is InChI=1S/C15H15ClN2O2/c16-9-11-10-20-8-7-18(11)15(19)13-5-6-17-14-4-2-1-3-12(13)14/h1-6,11H,7-10H2. The Kier molecular flexibility index (Phi) is 3.85. The van der Waals surface area contributed by atoms with Gasteiger partial charge in [-0.2, -0.15) is 0 Å². The summed E-state index contributed by atoms with van der Waals surface area (Å²) in [5.74, 6) is 0.381. The van der Waals surface area contributed by atoms with Gasteiger partial charge in [0.15, 0.2) is 0 Å². The van der Waals surface area contributed by atoms with Crippen LogP contribution < -0.4 is 0 Å². The minimum absolute atomic E-state index is 0.00227. The Morgan fingerprint density at radius 1 is 1.40 bits per heavy atom. The number of benzene rings is 1. The van der Waals surface area contributed by atoms with Crippen LogP contribution in [0.3, 0.4) is 0 Å². The molecule has 1 fully saturated rings. The van der Waals surface area contributed by atoms with Crippen LogP contribution >= 0.6 is 11.6 Å². The number of nitrogens with zero attached hydrogens (tertiary/aromatic N) is 2. The quantitative estimate of drug-likeness (QED) is 0.797. The van der Waals surface area contributed by atoms with Crippen LogP contribution in [0.15, 0.2) is 36.5 Å². The van der Waals surface area contributed by atoms with E-state index in [1.54, 1.807) is 17.2 Å². The molecule has 1 amide bonds. The van der Waals surface area contributed by atoms with E-state index in [0.29, 0.717) is 31.2 Å². The summed E-state index contributed by atoms with van der Waals surface area (Å²) in [5.41, 5.74) is 1.50. The molecule has 1 aliphatic heterocycles. The number of rotatable bonds is 2. The molecule has 4 nitrogen and oxygen atoms in total. The maximum Gasteiger partial charge on any atom is 0.255 e. The van der Waals surface area contributed by atoms with E-state index in [0.717, 1.165) is 10.9 Å². The van der Waals surface area contributed by atoms with Crippen molar-refractivity contribution >= 4 is 28.4 Å². The molecule has 3 rings (SSSR count). The number of alkyl halides is 1. The average molecular weight is 291 g/mol. The third-order valence-electron chi connectivity index (χ3n) is 3.55. The first-order valence-corrected chi connectivity index (χ1v) is 7.13. The molecule has 1 aliphatic rings. The van der Waals surface area contributed by atoms with Gasteiger partial charge in [0.25, 0.3) is 5.91 Å². The topological polar surface area (TPSA) is 42.4 Å². The van der Waals surface area contributed by atoms with Crippen LogP contribution in [0.5, 0.6) is 0 Å². The molecule has 0 bridgehead atoms. The summed E-state index contributed by atoms with van der Waals surface area (Å²) in [6.45, 7) is 1.63. The van der Waals surface area contributed by atoms with E-state index in [1.165, 1.54) is 0 Å². The van der Waals surface area contributed by atoms with Crippen LogP contribution in [0, 0.1) is 0 Å². The Labute approximate surface area is 122 Å². The van der Waals surface area contributed by atoms with Crippen LogP contribution in [0.2, 0.25) is 0 Å². The summed E-state index contributed by atoms with van der Waals surface area (Å²) in [6.07, 6.45) is 1.67. The summed E-state index contributed by atoms with van der Waals surface area (Å²) in [6, 6.07) is 9.37. The van der Waals surface area contributed by atoms with Gasteiger partial charge in [-0.05, 0) is 12.1 Å². The Bertz CT molecular complexity index is 627. The van der Waals surface area contributed by atoms with Crippen LogP contribution in [0.4, 0.5) is 0 Å². The number of amides is 1. The maximum atomic E-state index is 12.8. The molecule has 0 spiro atoms. The van der Waals surface area contributed by atoms with Crippen molar-refractivity contribution in [2.45, 2.75) is 6.04 Å². The largest absolute Gasteiger partial charge is 0.377 e. The number of morpholine rings is 1. The summed E-state index contributed by atoms with van der Waals surface area (Å²) in [4.78, 5) is 18.9. The van der Waals surface area contributed by atoms with Crippen molar-refractivity contribution in [3.05, 3.63) is 42.1 Å². The number of halogens is 1. The van der Waals surface area contributed by atoms with Crippen LogP contribution in [-0.4, -0.2) is 47.5 Å². The van der Waals surface area contributed by atoms with Crippen LogP contribution in [0.1, 0.15) is 10.4 Å². The molecule has 1 saturated heterocycles. The molecular formula is C15H15ClN2O2. The molecule has 2 aromatic rings. The second kappa shape index (κ2) is 5.77. The number of para-hydroxylation sites is 1. The molecule has 0 N–H and O–H groups in total. The Hall–Kier alpha value is -1.65. The van der Waals surface area contributed by atoms with E-state index < -0.39 is 0 Å².